The number of hydrogen-bond donors (Lipinski definition) is 0. The highest BCUT2D eigenvalue weighted by molar-refractivity contribution is 7.98. The van der Waals surface area contributed by atoms with Crippen LogP contribution in [0.4, 0.5) is 0 Å². The van der Waals surface area contributed by atoms with E-state index >= 15 is 0 Å². The zero-order chi connectivity index (χ0) is 13.9. The Morgan fingerprint density at radius 1 is 1.35 bits per heavy atom. The quantitative estimate of drug-likeness (QED) is 0.535. The van der Waals surface area contributed by atoms with Gasteiger partial charge in [-0.2, -0.15) is 5.10 Å². The lowest BCUT2D eigenvalue weighted by atomic mass is 10.3. The molecule has 0 saturated carbocycles. The minimum atomic E-state index is 0.835. The Labute approximate surface area is 125 Å². The maximum Gasteiger partial charge on any atom is 0.162 e. The third-order valence-corrected chi connectivity index (χ3v) is 4.91. The van der Waals surface area contributed by atoms with E-state index in [-0.39, 0.29) is 0 Å². The fourth-order valence-corrected chi connectivity index (χ4v) is 3.80. The summed E-state index contributed by atoms with van der Waals surface area (Å²) in [5.74, 6) is 0.835. The summed E-state index contributed by atoms with van der Waals surface area (Å²) in [5.41, 5.74) is 1.99. The molecular weight excluding hydrogens is 290 g/mol. The van der Waals surface area contributed by atoms with Crippen molar-refractivity contribution in [2.75, 3.05) is 0 Å². The smallest absolute Gasteiger partial charge is 0.162 e. The van der Waals surface area contributed by atoms with Gasteiger partial charge in [0.1, 0.15) is 11.4 Å². The van der Waals surface area contributed by atoms with Gasteiger partial charge in [0.2, 0.25) is 0 Å². The van der Waals surface area contributed by atoms with Gasteiger partial charge in [-0.15, -0.1) is 11.3 Å². The maximum absolute atomic E-state index is 4.63. The van der Waals surface area contributed by atoms with E-state index in [0.717, 1.165) is 40.3 Å². The van der Waals surface area contributed by atoms with Gasteiger partial charge in [0.05, 0.1) is 22.3 Å². The SMILES string of the molecule is CCCc1nc(CSc2ncnc3c2cnn3C)cs1. The highest BCUT2D eigenvalue weighted by Gasteiger charge is 2.09. The topological polar surface area (TPSA) is 56.5 Å². The van der Waals surface area contributed by atoms with Crippen LogP contribution in [0.1, 0.15) is 24.0 Å². The Morgan fingerprint density at radius 2 is 2.25 bits per heavy atom. The Bertz CT molecular complexity index is 718. The number of aryl methyl sites for hydroxylation is 2. The summed E-state index contributed by atoms with van der Waals surface area (Å²) in [4.78, 5) is 13.2. The van der Waals surface area contributed by atoms with Crippen molar-refractivity contribution in [3.63, 3.8) is 0 Å². The van der Waals surface area contributed by atoms with Crippen LogP contribution in [0, 0.1) is 0 Å². The lowest BCUT2D eigenvalue weighted by Gasteiger charge is -2.00. The lowest BCUT2D eigenvalue weighted by Crippen LogP contribution is -1.93. The molecule has 0 fully saturated rings. The van der Waals surface area contributed by atoms with E-state index < -0.39 is 0 Å². The van der Waals surface area contributed by atoms with Crippen molar-refractivity contribution in [1.29, 1.82) is 0 Å². The van der Waals surface area contributed by atoms with E-state index in [1.165, 1.54) is 5.01 Å². The van der Waals surface area contributed by atoms with Gasteiger partial charge in [-0.05, 0) is 12.8 Å². The van der Waals surface area contributed by atoms with Crippen molar-refractivity contribution in [1.82, 2.24) is 24.7 Å². The normalized spacial score (nSPS) is 11.3. The van der Waals surface area contributed by atoms with Crippen molar-refractivity contribution >= 4 is 34.1 Å². The zero-order valence-electron chi connectivity index (χ0n) is 11.4. The van der Waals surface area contributed by atoms with Crippen LogP contribution in [0.15, 0.2) is 22.9 Å². The first kappa shape index (κ1) is 13.5. The molecule has 7 heteroatoms. The molecule has 3 rings (SSSR count). The van der Waals surface area contributed by atoms with Crippen molar-refractivity contribution in [3.8, 4) is 0 Å². The number of hydrogen-bond acceptors (Lipinski definition) is 6. The van der Waals surface area contributed by atoms with Crippen molar-refractivity contribution in [2.24, 2.45) is 7.05 Å². The van der Waals surface area contributed by atoms with Crippen LogP contribution in [-0.4, -0.2) is 24.7 Å². The van der Waals surface area contributed by atoms with Gasteiger partial charge in [-0.1, -0.05) is 18.7 Å². The average Bonchev–Trinajstić information content (AvgIpc) is 3.05. The van der Waals surface area contributed by atoms with Gasteiger partial charge in [0.15, 0.2) is 5.65 Å². The molecular formula is C13H15N5S2. The number of nitrogens with zero attached hydrogens (tertiary/aromatic N) is 5. The highest BCUT2D eigenvalue weighted by Crippen LogP contribution is 2.27. The van der Waals surface area contributed by atoms with Crippen molar-refractivity contribution in [2.45, 2.75) is 30.5 Å². The Balaban J connectivity index is 1.76. The minimum Gasteiger partial charge on any atom is -0.250 e. The van der Waals surface area contributed by atoms with Crippen LogP contribution in [0.2, 0.25) is 0 Å². The second-order valence-electron chi connectivity index (χ2n) is 4.46. The van der Waals surface area contributed by atoms with E-state index in [2.05, 4.69) is 32.4 Å². The molecule has 0 N–H and O–H groups in total. The molecule has 0 amide bonds. The maximum atomic E-state index is 4.63. The molecule has 0 aliphatic rings. The fraction of sp³-hybridized carbons (Fsp3) is 0.385. The number of aromatic nitrogens is 5. The molecule has 0 aliphatic carbocycles. The first-order valence-corrected chi connectivity index (χ1v) is 8.33. The number of thioether (sulfide) groups is 1. The summed E-state index contributed by atoms with van der Waals surface area (Å²) in [6.07, 6.45) is 5.62. The minimum absolute atomic E-state index is 0.835. The van der Waals surface area contributed by atoms with E-state index in [4.69, 9.17) is 0 Å². The zero-order valence-corrected chi connectivity index (χ0v) is 13.0. The van der Waals surface area contributed by atoms with Crippen molar-refractivity contribution < 1.29 is 0 Å². The first-order chi connectivity index (χ1) is 9.78. The summed E-state index contributed by atoms with van der Waals surface area (Å²) >= 11 is 3.43. The molecule has 3 aromatic rings. The average molecular weight is 305 g/mol. The summed E-state index contributed by atoms with van der Waals surface area (Å²) < 4.78 is 1.77. The molecule has 3 aromatic heterocycles. The van der Waals surface area contributed by atoms with Crippen molar-refractivity contribution in [3.05, 3.63) is 28.6 Å². The van der Waals surface area contributed by atoms with E-state index in [1.807, 2.05) is 13.2 Å². The highest BCUT2D eigenvalue weighted by atomic mass is 32.2. The molecule has 5 nitrogen and oxygen atoms in total. The predicted molar refractivity (Wildman–Crippen MR) is 82.0 cm³/mol. The molecule has 3 heterocycles. The molecule has 0 atom stereocenters. The second kappa shape index (κ2) is 5.88. The van der Waals surface area contributed by atoms with Gasteiger partial charge < -0.3 is 0 Å². The van der Waals surface area contributed by atoms with Crippen LogP contribution in [-0.2, 0) is 19.2 Å². The summed E-state index contributed by atoms with van der Waals surface area (Å²) in [6.45, 7) is 2.18. The number of fused-ring (bicyclic) bond motifs is 1. The molecule has 20 heavy (non-hydrogen) atoms. The number of thiazole rings is 1. The summed E-state index contributed by atoms with van der Waals surface area (Å²) in [7, 11) is 1.89. The number of rotatable bonds is 5. The molecule has 0 bridgehead atoms. The van der Waals surface area contributed by atoms with Crippen LogP contribution < -0.4 is 0 Å². The Morgan fingerprint density at radius 3 is 3.10 bits per heavy atom. The largest absolute Gasteiger partial charge is 0.250 e. The van der Waals surface area contributed by atoms with E-state index in [0.29, 0.717) is 0 Å². The monoisotopic (exact) mass is 305 g/mol. The Hall–Kier alpha value is -1.47. The van der Waals surface area contributed by atoms with Crippen LogP contribution in [0.5, 0.6) is 0 Å². The molecule has 0 unspecified atom stereocenters. The summed E-state index contributed by atoms with van der Waals surface area (Å²) in [6, 6.07) is 0. The first-order valence-electron chi connectivity index (χ1n) is 6.46. The van der Waals surface area contributed by atoms with Crippen LogP contribution >= 0.6 is 23.1 Å². The van der Waals surface area contributed by atoms with Gasteiger partial charge in [0, 0.05) is 18.2 Å². The molecule has 0 aromatic carbocycles. The Kier molecular flexibility index (Phi) is 3.98. The van der Waals surface area contributed by atoms with Gasteiger partial charge in [-0.25, -0.2) is 15.0 Å². The van der Waals surface area contributed by atoms with Crippen LogP contribution in [0.3, 0.4) is 0 Å². The third-order valence-electron chi connectivity index (χ3n) is 2.91. The van der Waals surface area contributed by atoms with Crippen LogP contribution in [0.25, 0.3) is 11.0 Å². The molecule has 0 radical (unpaired) electrons. The molecule has 104 valence electrons. The third kappa shape index (κ3) is 2.69. The molecule has 0 spiro atoms. The summed E-state index contributed by atoms with van der Waals surface area (Å²) in [5, 5.41) is 9.55. The molecule has 0 aliphatic heterocycles. The van der Waals surface area contributed by atoms with E-state index in [9.17, 15) is 0 Å². The fourth-order valence-electron chi connectivity index (χ4n) is 1.94. The predicted octanol–water partition coefficient (Wildman–Crippen LogP) is 3.06. The second-order valence-corrected chi connectivity index (χ2v) is 6.36. The van der Waals surface area contributed by atoms with Gasteiger partial charge in [-0.3, -0.25) is 4.68 Å². The standard InChI is InChI=1S/C13H15N5S2/c1-3-4-11-17-9(6-19-11)7-20-13-10-5-16-18(2)12(10)14-8-15-13/h5-6,8H,3-4,7H2,1-2H3. The lowest BCUT2D eigenvalue weighted by molar-refractivity contribution is 0.784. The molecule has 0 saturated heterocycles. The van der Waals surface area contributed by atoms with Gasteiger partial charge in [0.25, 0.3) is 0 Å². The van der Waals surface area contributed by atoms with E-state index in [1.54, 1.807) is 34.1 Å². The van der Waals surface area contributed by atoms with Gasteiger partial charge >= 0.3 is 0 Å².